The van der Waals surface area contributed by atoms with E-state index in [0.29, 0.717) is 6.54 Å². The van der Waals surface area contributed by atoms with Crippen LogP contribution in [0.5, 0.6) is 0 Å². The fraction of sp³-hybridized carbons (Fsp3) is 0.417. The molecular formula is C12H15ClN2OS. The Labute approximate surface area is 111 Å². The minimum Gasteiger partial charge on any atom is -0.351 e. The molecule has 0 bridgehead atoms. The molecule has 1 saturated heterocycles. The van der Waals surface area contributed by atoms with Crippen LogP contribution in [0, 0.1) is 0 Å². The third-order valence-electron chi connectivity index (χ3n) is 2.76. The Kier molecular flexibility index (Phi) is 4.31. The number of hydrogen-bond donors (Lipinski definition) is 1. The van der Waals surface area contributed by atoms with Gasteiger partial charge >= 0.3 is 0 Å². The summed E-state index contributed by atoms with van der Waals surface area (Å²) in [6.45, 7) is 1.37. The zero-order chi connectivity index (χ0) is 12.3. The molecule has 17 heavy (non-hydrogen) atoms. The summed E-state index contributed by atoms with van der Waals surface area (Å²) in [6, 6.07) is 7.96. The second-order valence-electron chi connectivity index (χ2n) is 4.10. The number of nitrogens with one attached hydrogen (secondary N) is 1. The number of carbonyl (C=O) groups is 1. The van der Waals surface area contributed by atoms with E-state index in [1.54, 1.807) is 11.9 Å². The molecule has 0 aliphatic carbocycles. The van der Waals surface area contributed by atoms with Gasteiger partial charge in [-0.15, -0.1) is 0 Å². The van der Waals surface area contributed by atoms with Crippen LogP contribution >= 0.6 is 23.5 Å². The number of piperazine rings is 1. The van der Waals surface area contributed by atoms with E-state index in [0.717, 1.165) is 18.0 Å². The van der Waals surface area contributed by atoms with Crippen molar-refractivity contribution in [3.8, 4) is 0 Å². The fourth-order valence-corrected chi connectivity index (χ4v) is 2.65. The Bertz CT molecular complexity index is 396. The zero-order valence-corrected chi connectivity index (χ0v) is 11.2. The van der Waals surface area contributed by atoms with Crippen molar-refractivity contribution in [3.05, 3.63) is 34.9 Å². The van der Waals surface area contributed by atoms with Gasteiger partial charge < -0.3 is 5.32 Å². The van der Waals surface area contributed by atoms with Crippen molar-refractivity contribution in [2.45, 2.75) is 12.5 Å². The predicted octanol–water partition coefficient (Wildman–Crippen LogP) is 1.96. The Hall–Kier alpha value is -0.710. The van der Waals surface area contributed by atoms with E-state index >= 15 is 0 Å². The van der Waals surface area contributed by atoms with Gasteiger partial charge in [-0.2, -0.15) is 0 Å². The van der Waals surface area contributed by atoms with E-state index in [1.807, 2.05) is 30.5 Å². The molecule has 0 aromatic heterocycles. The highest BCUT2D eigenvalue weighted by atomic mass is 35.5. The Morgan fingerprint density at radius 1 is 1.47 bits per heavy atom. The second kappa shape index (κ2) is 5.76. The number of halogens is 1. The molecule has 1 atom stereocenters. The van der Waals surface area contributed by atoms with Crippen molar-refractivity contribution in [3.63, 3.8) is 0 Å². The normalized spacial score (nSPS) is 21.3. The van der Waals surface area contributed by atoms with E-state index in [9.17, 15) is 4.79 Å². The summed E-state index contributed by atoms with van der Waals surface area (Å²) < 4.78 is 2.08. The van der Waals surface area contributed by atoms with Gasteiger partial charge in [-0.3, -0.25) is 4.79 Å². The summed E-state index contributed by atoms with van der Waals surface area (Å²) in [4.78, 5) is 11.5. The molecule has 92 valence electrons. The van der Waals surface area contributed by atoms with Crippen LogP contribution < -0.4 is 5.32 Å². The number of hydrogen-bond acceptors (Lipinski definition) is 3. The summed E-state index contributed by atoms with van der Waals surface area (Å²) in [5.74, 6) is 0.101. The van der Waals surface area contributed by atoms with E-state index in [2.05, 4.69) is 9.62 Å². The van der Waals surface area contributed by atoms with Crippen molar-refractivity contribution in [2.75, 3.05) is 19.3 Å². The SMILES string of the molecule is CSN1CC(=O)N[C@@H](Cc2ccc(Cl)cc2)C1. The van der Waals surface area contributed by atoms with Crippen LogP contribution in [-0.4, -0.2) is 35.6 Å². The summed E-state index contributed by atoms with van der Waals surface area (Å²) in [6.07, 6.45) is 2.85. The molecule has 1 fully saturated rings. The fourth-order valence-electron chi connectivity index (χ4n) is 1.95. The highest BCUT2D eigenvalue weighted by Gasteiger charge is 2.23. The molecule has 0 radical (unpaired) electrons. The Balaban J connectivity index is 1.98. The molecule has 3 nitrogen and oxygen atoms in total. The lowest BCUT2D eigenvalue weighted by molar-refractivity contribution is -0.123. The largest absolute Gasteiger partial charge is 0.351 e. The molecule has 1 aromatic carbocycles. The predicted molar refractivity (Wildman–Crippen MR) is 72.2 cm³/mol. The van der Waals surface area contributed by atoms with Crippen LogP contribution in [0.4, 0.5) is 0 Å². The molecule has 1 aromatic rings. The van der Waals surface area contributed by atoms with Crippen LogP contribution in [-0.2, 0) is 11.2 Å². The average Bonchev–Trinajstić information content (AvgIpc) is 2.31. The maximum absolute atomic E-state index is 11.5. The van der Waals surface area contributed by atoms with E-state index in [1.165, 1.54) is 5.56 Å². The molecule has 0 saturated carbocycles. The van der Waals surface area contributed by atoms with Gasteiger partial charge in [0.1, 0.15) is 0 Å². The first-order valence-electron chi connectivity index (χ1n) is 5.50. The van der Waals surface area contributed by atoms with Gasteiger partial charge in [0, 0.05) is 17.6 Å². The first-order valence-corrected chi connectivity index (χ1v) is 7.06. The molecule has 5 heteroatoms. The number of benzene rings is 1. The van der Waals surface area contributed by atoms with Crippen LogP contribution in [0.15, 0.2) is 24.3 Å². The molecule has 0 spiro atoms. The van der Waals surface area contributed by atoms with Crippen molar-refractivity contribution in [1.29, 1.82) is 0 Å². The van der Waals surface area contributed by atoms with Crippen LogP contribution in [0.2, 0.25) is 5.02 Å². The molecule has 2 rings (SSSR count). The van der Waals surface area contributed by atoms with E-state index < -0.39 is 0 Å². The van der Waals surface area contributed by atoms with E-state index in [-0.39, 0.29) is 11.9 Å². The standard InChI is InChI=1S/C12H15ClN2OS/c1-17-15-7-11(14-12(16)8-15)6-9-2-4-10(13)5-3-9/h2-5,11H,6-8H2,1H3,(H,14,16)/t11-/m0/s1. The molecular weight excluding hydrogens is 256 g/mol. The van der Waals surface area contributed by atoms with Gasteiger partial charge in [-0.1, -0.05) is 35.7 Å². The number of carbonyl (C=O) groups excluding carboxylic acids is 1. The Morgan fingerprint density at radius 2 is 2.18 bits per heavy atom. The van der Waals surface area contributed by atoms with Gasteiger partial charge in [0.25, 0.3) is 0 Å². The zero-order valence-electron chi connectivity index (χ0n) is 9.65. The summed E-state index contributed by atoms with van der Waals surface area (Å²) in [7, 11) is 0. The minimum absolute atomic E-state index is 0.101. The topological polar surface area (TPSA) is 32.3 Å². The van der Waals surface area contributed by atoms with Crippen LogP contribution in [0.1, 0.15) is 5.56 Å². The number of rotatable bonds is 3. The van der Waals surface area contributed by atoms with Crippen molar-refractivity contribution in [1.82, 2.24) is 9.62 Å². The van der Waals surface area contributed by atoms with Crippen molar-refractivity contribution in [2.24, 2.45) is 0 Å². The maximum atomic E-state index is 11.5. The lowest BCUT2D eigenvalue weighted by atomic mass is 10.0. The van der Waals surface area contributed by atoms with Gasteiger partial charge in [-0.05, 0) is 30.4 Å². The molecule has 1 amide bonds. The Morgan fingerprint density at radius 3 is 2.82 bits per heavy atom. The summed E-state index contributed by atoms with van der Waals surface area (Å²) >= 11 is 7.46. The molecule has 1 heterocycles. The second-order valence-corrected chi connectivity index (χ2v) is 5.42. The van der Waals surface area contributed by atoms with Crippen LogP contribution in [0.25, 0.3) is 0 Å². The molecule has 1 aliphatic rings. The third kappa shape index (κ3) is 3.63. The van der Waals surface area contributed by atoms with Crippen molar-refractivity contribution < 1.29 is 4.79 Å². The van der Waals surface area contributed by atoms with Crippen molar-refractivity contribution >= 4 is 29.5 Å². The first kappa shape index (κ1) is 12.7. The highest BCUT2D eigenvalue weighted by Crippen LogP contribution is 2.15. The number of nitrogens with zero attached hydrogens (tertiary/aromatic N) is 1. The maximum Gasteiger partial charge on any atom is 0.235 e. The molecule has 1 N–H and O–H groups in total. The quantitative estimate of drug-likeness (QED) is 0.853. The third-order valence-corrected chi connectivity index (χ3v) is 3.81. The summed E-state index contributed by atoms with van der Waals surface area (Å²) in [5.41, 5.74) is 1.20. The molecule has 0 unspecified atom stereocenters. The van der Waals surface area contributed by atoms with Gasteiger partial charge in [-0.25, -0.2) is 4.31 Å². The monoisotopic (exact) mass is 270 g/mol. The van der Waals surface area contributed by atoms with E-state index in [4.69, 9.17) is 11.6 Å². The van der Waals surface area contributed by atoms with Gasteiger partial charge in [0.15, 0.2) is 0 Å². The lowest BCUT2D eigenvalue weighted by Crippen LogP contribution is -2.52. The molecule has 1 aliphatic heterocycles. The first-order chi connectivity index (χ1) is 8.17. The van der Waals surface area contributed by atoms with Gasteiger partial charge in [0.05, 0.1) is 6.54 Å². The van der Waals surface area contributed by atoms with Gasteiger partial charge in [0.2, 0.25) is 5.91 Å². The average molecular weight is 271 g/mol. The summed E-state index contributed by atoms with van der Waals surface area (Å²) in [5, 5.41) is 3.76. The highest BCUT2D eigenvalue weighted by molar-refractivity contribution is 7.96. The van der Waals surface area contributed by atoms with Crippen LogP contribution in [0.3, 0.4) is 0 Å². The lowest BCUT2D eigenvalue weighted by Gasteiger charge is -2.31. The minimum atomic E-state index is 0.101. The smallest absolute Gasteiger partial charge is 0.235 e. The number of amides is 1.